The van der Waals surface area contributed by atoms with Gasteiger partial charge in [0.15, 0.2) is 16.8 Å². The minimum Gasteiger partial charge on any atom is -0.345 e. The summed E-state index contributed by atoms with van der Waals surface area (Å²) in [4.78, 5) is 7.10. The first kappa shape index (κ1) is 22.8. The van der Waals surface area contributed by atoms with Gasteiger partial charge in [-0.2, -0.15) is 4.31 Å². The van der Waals surface area contributed by atoms with Gasteiger partial charge >= 0.3 is 0 Å². The van der Waals surface area contributed by atoms with Gasteiger partial charge in [0.05, 0.1) is 10.6 Å². The summed E-state index contributed by atoms with van der Waals surface area (Å²) in [6, 6.07) is 7.67. The Bertz CT molecular complexity index is 1230. The summed E-state index contributed by atoms with van der Waals surface area (Å²) in [5.41, 5.74) is 4.02. The first-order chi connectivity index (χ1) is 15.1. The third-order valence-corrected chi connectivity index (χ3v) is 8.78. The summed E-state index contributed by atoms with van der Waals surface area (Å²) in [5, 5.41) is 2.71. The normalized spacial score (nSPS) is 15.3. The standard InChI is InChI=1S/C23H25F2N3O2S2/c1-15-10-16(2)22(17(3)11-15)32(29,30)28-8-6-27(7-9-28)23-26-19(14-31-23)12-18-4-5-20(24)21(25)13-18/h4-5,10-11,13-14H,6-9,12H2,1-3H3. The van der Waals surface area contributed by atoms with E-state index in [0.717, 1.165) is 33.6 Å². The van der Waals surface area contributed by atoms with Crippen molar-refractivity contribution in [2.45, 2.75) is 32.1 Å². The first-order valence-corrected chi connectivity index (χ1v) is 12.7. The molecule has 1 fully saturated rings. The fourth-order valence-electron chi connectivity index (χ4n) is 4.20. The lowest BCUT2D eigenvalue weighted by Gasteiger charge is -2.34. The molecule has 5 nitrogen and oxygen atoms in total. The number of aryl methyl sites for hydroxylation is 3. The van der Waals surface area contributed by atoms with Gasteiger partial charge in [-0.05, 0) is 49.6 Å². The van der Waals surface area contributed by atoms with Crippen LogP contribution in [0, 0.1) is 32.4 Å². The Balaban J connectivity index is 1.43. The van der Waals surface area contributed by atoms with E-state index in [9.17, 15) is 17.2 Å². The Morgan fingerprint density at radius 3 is 2.25 bits per heavy atom. The van der Waals surface area contributed by atoms with E-state index in [-0.39, 0.29) is 0 Å². The summed E-state index contributed by atoms with van der Waals surface area (Å²) in [6.45, 7) is 7.49. The third kappa shape index (κ3) is 4.55. The molecule has 0 bridgehead atoms. The highest BCUT2D eigenvalue weighted by Gasteiger charge is 2.31. The molecule has 2 aromatic carbocycles. The predicted octanol–water partition coefficient (Wildman–Crippen LogP) is 4.45. The number of benzene rings is 2. The molecule has 0 saturated carbocycles. The zero-order chi connectivity index (χ0) is 23.0. The molecule has 1 saturated heterocycles. The molecule has 0 aliphatic carbocycles. The second-order valence-corrected chi connectivity index (χ2v) is 10.9. The highest BCUT2D eigenvalue weighted by Crippen LogP contribution is 2.28. The summed E-state index contributed by atoms with van der Waals surface area (Å²) in [6.07, 6.45) is 0.411. The van der Waals surface area contributed by atoms with Crippen molar-refractivity contribution in [3.63, 3.8) is 0 Å². The van der Waals surface area contributed by atoms with Crippen LogP contribution in [0.15, 0.2) is 40.6 Å². The monoisotopic (exact) mass is 477 g/mol. The van der Waals surface area contributed by atoms with Crippen LogP contribution in [0.1, 0.15) is 27.9 Å². The molecule has 1 aromatic heterocycles. The van der Waals surface area contributed by atoms with Crippen LogP contribution in [0.5, 0.6) is 0 Å². The highest BCUT2D eigenvalue weighted by molar-refractivity contribution is 7.89. The van der Waals surface area contributed by atoms with Gasteiger partial charge in [0.1, 0.15) is 0 Å². The van der Waals surface area contributed by atoms with Crippen LogP contribution in [0.2, 0.25) is 0 Å². The Morgan fingerprint density at radius 2 is 1.62 bits per heavy atom. The van der Waals surface area contributed by atoms with Gasteiger partial charge in [-0.3, -0.25) is 0 Å². The van der Waals surface area contributed by atoms with Crippen LogP contribution < -0.4 is 4.90 Å². The Morgan fingerprint density at radius 1 is 0.969 bits per heavy atom. The number of nitrogens with zero attached hydrogens (tertiary/aromatic N) is 3. The van der Waals surface area contributed by atoms with Crippen LogP contribution in [0.25, 0.3) is 0 Å². The van der Waals surface area contributed by atoms with Crippen molar-refractivity contribution in [3.05, 3.63) is 75.3 Å². The van der Waals surface area contributed by atoms with Gasteiger partial charge in [-0.15, -0.1) is 11.3 Å². The van der Waals surface area contributed by atoms with Crippen LogP contribution in [0.3, 0.4) is 0 Å². The third-order valence-electron chi connectivity index (χ3n) is 5.62. The molecule has 1 aliphatic heterocycles. The maximum absolute atomic E-state index is 13.4. The molecule has 2 heterocycles. The molecule has 0 spiro atoms. The van der Waals surface area contributed by atoms with E-state index >= 15 is 0 Å². The maximum atomic E-state index is 13.4. The SMILES string of the molecule is Cc1cc(C)c(S(=O)(=O)N2CCN(c3nc(Cc4ccc(F)c(F)c4)cs3)CC2)c(C)c1. The Labute approximate surface area is 191 Å². The predicted molar refractivity (Wildman–Crippen MR) is 123 cm³/mol. The number of anilines is 1. The van der Waals surface area contributed by atoms with Crippen LogP contribution >= 0.6 is 11.3 Å². The van der Waals surface area contributed by atoms with Crippen molar-refractivity contribution in [3.8, 4) is 0 Å². The molecule has 0 N–H and O–H groups in total. The topological polar surface area (TPSA) is 53.5 Å². The van der Waals surface area contributed by atoms with Gasteiger partial charge in [0, 0.05) is 38.0 Å². The summed E-state index contributed by atoms with van der Waals surface area (Å²) < 4.78 is 54.7. The molecule has 32 heavy (non-hydrogen) atoms. The van der Waals surface area contributed by atoms with Gasteiger partial charge in [-0.1, -0.05) is 23.8 Å². The van der Waals surface area contributed by atoms with Crippen molar-refractivity contribution in [2.24, 2.45) is 0 Å². The van der Waals surface area contributed by atoms with Crippen LogP contribution in [-0.4, -0.2) is 43.9 Å². The van der Waals surface area contributed by atoms with Crippen LogP contribution in [0.4, 0.5) is 13.9 Å². The molecule has 9 heteroatoms. The molecule has 0 atom stereocenters. The number of rotatable bonds is 5. The molecule has 4 rings (SSSR count). The fourth-order valence-corrected chi connectivity index (χ4v) is 6.92. The maximum Gasteiger partial charge on any atom is 0.243 e. The largest absolute Gasteiger partial charge is 0.345 e. The number of thiazole rings is 1. The van der Waals surface area contributed by atoms with Crippen molar-refractivity contribution in [1.82, 2.24) is 9.29 Å². The lowest BCUT2D eigenvalue weighted by molar-refractivity contribution is 0.384. The molecular formula is C23H25F2N3O2S2. The minimum absolute atomic E-state index is 0.382. The number of hydrogen-bond donors (Lipinski definition) is 0. The summed E-state index contributed by atoms with van der Waals surface area (Å²) in [7, 11) is -3.57. The van der Waals surface area contributed by atoms with Crippen molar-refractivity contribution in [2.75, 3.05) is 31.1 Å². The quantitative estimate of drug-likeness (QED) is 0.545. The molecule has 170 valence electrons. The number of halogens is 2. The smallest absolute Gasteiger partial charge is 0.243 e. The average molecular weight is 478 g/mol. The number of hydrogen-bond acceptors (Lipinski definition) is 5. The number of piperazine rings is 1. The van der Waals surface area contributed by atoms with Gasteiger partial charge in [0.25, 0.3) is 0 Å². The minimum atomic E-state index is -3.57. The van der Waals surface area contributed by atoms with E-state index in [1.807, 2.05) is 38.3 Å². The Hall–Kier alpha value is -2.36. The van der Waals surface area contributed by atoms with Gasteiger partial charge in [0.2, 0.25) is 10.0 Å². The number of aromatic nitrogens is 1. The molecule has 0 unspecified atom stereocenters. The van der Waals surface area contributed by atoms with E-state index in [4.69, 9.17) is 0 Å². The summed E-state index contributed by atoms with van der Waals surface area (Å²) in [5.74, 6) is -1.73. The first-order valence-electron chi connectivity index (χ1n) is 10.4. The molecule has 3 aromatic rings. The zero-order valence-corrected chi connectivity index (χ0v) is 19.9. The molecule has 0 radical (unpaired) electrons. The lowest BCUT2D eigenvalue weighted by Crippen LogP contribution is -2.48. The molecule has 1 aliphatic rings. The highest BCUT2D eigenvalue weighted by atomic mass is 32.2. The van der Waals surface area contributed by atoms with E-state index in [0.29, 0.717) is 43.1 Å². The second kappa shape index (κ2) is 8.88. The Kier molecular flexibility index (Phi) is 6.33. The van der Waals surface area contributed by atoms with Gasteiger partial charge in [-0.25, -0.2) is 22.2 Å². The zero-order valence-electron chi connectivity index (χ0n) is 18.2. The van der Waals surface area contributed by atoms with Crippen molar-refractivity contribution in [1.29, 1.82) is 0 Å². The van der Waals surface area contributed by atoms with E-state index in [1.54, 1.807) is 10.4 Å². The van der Waals surface area contributed by atoms with Crippen LogP contribution in [-0.2, 0) is 16.4 Å². The molecular weight excluding hydrogens is 452 g/mol. The molecule has 0 amide bonds. The summed E-state index contributed by atoms with van der Waals surface area (Å²) >= 11 is 1.47. The number of sulfonamides is 1. The second-order valence-electron chi connectivity index (χ2n) is 8.17. The average Bonchev–Trinajstić information content (AvgIpc) is 3.18. The fraction of sp³-hybridized carbons (Fsp3) is 0.348. The van der Waals surface area contributed by atoms with Gasteiger partial charge < -0.3 is 4.90 Å². The van der Waals surface area contributed by atoms with E-state index < -0.39 is 21.7 Å². The van der Waals surface area contributed by atoms with E-state index in [2.05, 4.69) is 9.88 Å². The lowest BCUT2D eigenvalue weighted by atomic mass is 10.1. The van der Waals surface area contributed by atoms with E-state index in [1.165, 1.54) is 17.4 Å². The van der Waals surface area contributed by atoms with Crippen molar-refractivity contribution < 1.29 is 17.2 Å². The van der Waals surface area contributed by atoms with Crippen molar-refractivity contribution >= 4 is 26.5 Å².